The lowest BCUT2D eigenvalue weighted by Gasteiger charge is -2.36. The van der Waals surface area contributed by atoms with Gasteiger partial charge in [-0.3, -0.25) is 9.80 Å². The Morgan fingerprint density at radius 1 is 1.39 bits per heavy atom. The zero-order valence-corrected chi connectivity index (χ0v) is 14.2. The molecule has 1 amide bonds. The second-order valence-electron chi connectivity index (χ2n) is 5.47. The number of carbonyl (C=O) groups is 1. The summed E-state index contributed by atoms with van der Waals surface area (Å²) in [6.07, 6.45) is 4.04. The van der Waals surface area contributed by atoms with Crippen molar-refractivity contribution in [3.8, 4) is 0 Å². The van der Waals surface area contributed by atoms with Crippen LogP contribution < -0.4 is 5.01 Å². The molecule has 0 N–H and O–H groups in total. The first-order valence-electron chi connectivity index (χ1n) is 7.18. The van der Waals surface area contributed by atoms with Gasteiger partial charge in [0, 0.05) is 42.0 Å². The van der Waals surface area contributed by atoms with Gasteiger partial charge in [0.25, 0.3) is 5.91 Å². The molecular formula is C15H14ClN5OS. The highest BCUT2D eigenvalue weighted by molar-refractivity contribution is 7.12. The van der Waals surface area contributed by atoms with Crippen molar-refractivity contribution in [2.75, 3.05) is 18.6 Å². The third-order valence-electron chi connectivity index (χ3n) is 3.91. The summed E-state index contributed by atoms with van der Waals surface area (Å²) in [5.41, 5.74) is 2.06. The van der Waals surface area contributed by atoms with Crippen molar-refractivity contribution >= 4 is 40.2 Å². The molecule has 0 unspecified atom stereocenters. The van der Waals surface area contributed by atoms with Gasteiger partial charge >= 0.3 is 0 Å². The number of rotatable bonds is 1. The van der Waals surface area contributed by atoms with Crippen LogP contribution >= 0.6 is 22.9 Å². The number of aryl methyl sites for hydroxylation is 1. The van der Waals surface area contributed by atoms with E-state index >= 15 is 0 Å². The van der Waals surface area contributed by atoms with Crippen LogP contribution in [0.1, 0.15) is 20.2 Å². The van der Waals surface area contributed by atoms with Crippen LogP contribution in [0.2, 0.25) is 5.02 Å². The molecule has 3 aromatic rings. The second kappa shape index (κ2) is 5.21. The van der Waals surface area contributed by atoms with Crippen LogP contribution in [0.5, 0.6) is 0 Å². The molecule has 0 atom stereocenters. The van der Waals surface area contributed by atoms with Gasteiger partial charge in [-0.2, -0.15) is 5.10 Å². The van der Waals surface area contributed by atoms with Crippen LogP contribution in [0, 0.1) is 6.92 Å². The quantitative estimate of drug-likeness (QED) is 0.679. The summed E-state index contributed by atoms with van der Waals surface area (Å²) in [4.78, 5) is 19.6. The van der Waals surface area contributed by atoms with E-state index in [0.29, 0.717) is 22.9 Å². The van der Waals surface area contributed by atoms with Gasteiger partial charge in [0.1, 0.15) is 0 Å². The van der Waals surface area contributed by atoms with E-state index in [2.05, 4.69) is 23.1 Å². The molecule has 4 rings (SSSR count). The minimum Gasteiger partial charge on any atom is -0.285 e. The van der Waals surface area contributed by atoms with Gasteiger partial charge in [0.2, 0.25) is 0 Å². The Kier molecular flexibility index (Phi) is 3.28. The molecule has 0 radical (unpaired) electrons. The lowest BCUT2D eigenvalue weighted by atomic mass is 10.2. The molecule has 4 heterocycles. The maximum Gasteiger partial charge on any atom is 0.292 e. The molecule has 23 heavy (non-hydrogen) atoms. The number of hydrogen-bond acceptors (Lipinski definition) is 5. The first kappa shape index (κ1) is 14.5. The van der Waals surface area contributed by atoms with E-state index in [4.69, 9.17) is 11.6 Å². The number of nitrogens with zero attached hydrogens (tertiary/aromatic N) is 5. The van der Waals surface area contributed by atoms with Crippen molar-refractivity contribution in [1.29, 1.82) is 0 Å². The zero-order chi connectivity index (χ0) is 16.1. The van der Waals surface area contributed by atoms with Crippen molar-refractivity contribution < 1.29 is 4.79 Å². The molecule has 0 aromatic carbocycles. The summed E-state index contributed by atoms with van der Waals surface area (Å²) < 4.78 is 1.53. The minimum absolute atomic E-state index is 0.136. The van der Waals surface area contributed by atoms with Crippen LogP contribution in [0.15, 0.2) is 24.5 Å². The van der Waals surface area contributed by atoms with Gasteiger partial charge in [-0.15, -0.1) is 11.3 Å². The fourth-order valence-corrected chi connectivity index (χ4v) is 4.01. The molecule has 0 aliphatic carbocycles. The monoisotopic (exact) mass is 347 g/mol. The maximum atomic E-state index is 12.8. The molecule has 3 aromatic heterocycles. The highest BCUT2D eigenvalue weighted by Gasteiger charge is 2.29. The third-order valence-corrected chi connectivity index (χ3v) is 5.20. The molecule has 8 heteroatoms. The first-order valence-corrected chi connectivity index (χ1v) is 8.38. The fraction of sp³-hybridized carbons (Fsp3) is 0.267. The van der Waals surface area contributed by atoms with E-state index in [1.54, 1.807) is 34.8 Å². The van der Waals surface area contributed by atoms with Crippen LogP contribution in [-0.2, 0) is 6.42 Å². The predicted molar refractivity (Wildman–Crippen MR) is 90.2 cm³/mol. The van der Waals surface area contributed by atoms with Gasteiger partial charge in [-0.05, 0) is 13.0 Å². The van der Waals surface area contributed by atoms with E-state index in [-0.39, 0.29) is 5.91 Å². The lowest BCUT2D eigenvalue weighted by Crippen LogP contribution is -2.48. The molecule has 6 nitrogen and oxygen atoms in total. The Hall–Kier alpha value is -2.12. The number of hydrogen-bond donors (Lipinski definition) is 0. The summed E-state index contributed by atoms with van der Waals surface area (Å²) in [6.45, 7) is 2.73. The SMILES string of the molecule is Cc1cc2c(s1)CCN(C(=O)c1cc3ncc(Cl)cn3n1)N2C. The molecule has 1 aliphatic rings. The summed E-state index contributed by atoms with van der Waals surface area (Å²) in [6, 6.07) is 3.80. The van der Waals surface area contributed by atoms with Gasteiger partial charge in [-0.1, -0.05) is 11.6 Å². The Labute approximate surface area is 141 Å². The number of hydrazine groups is 1. The van der Waals surface area contributed by atoms with Gasteiger partial charge in [-0.25, -0.2) is 14.5 Å². The molecular weight excluding hydrogens is 334 g/mol. The predicted octanol–water partition coefficient (Wildman–Crippen LogP) is 2.80. The van der Waals surface area contributed by atoms with E-state index in [1.807, 2.05) is 12.1 Å². The summed E-state index contributed by atoms with van der Waals surface area (Å²) in [7, 11) is 1.91. The summed E-state index contributed by atoms with van der Waals surface area (Å²) in [5.74, 6) is -0.136. The molecule has 0 bridgehead atoms. The topological polar surface area (TPSA) is 53.7 Å². The number of thiophene rings is 1. The van der Waals surface area contributed by atoms with Crippen molar-refractivity contribution in [1.82, 2.24) is 19.6 Å². The van der Waals surface area contributed by atoms with Gasteiger partial charge in [0.05, 0.1) is 16.9 Å². The van der Waals surface area contributed by atoms with Crippen LogP contribution in [0.3, 0.4) is 0 Å². The normalized spacial score (nSPS) is 14.4. The Balaban J connectivity index is 1.68. The van der Waals surface area contributed by atoms with Gasteiger partial charge < -0.3 is 0 Å². The largest absolute Gasteiger partial charge is 0.292 e. The Morgan fingerprint density at radius 2 is 2.22 bits per heavy atom. The number of halogens is 1. The molecule has 1 aliphatic heterocycles. The van der Waals surface area contributed by atoms with E-state index < -0.39 is 0 Å². The number of amides is 1. The van der Waals surface area contributed by atoms with E-state index in [9.17, 15) is 4.79 Å². The highest BCUT2D eigenvalue weighted by Crippen LogP contribution is 2.34. The number of fused-ring (bicyclic) bond motifs is 2. The highest BCUT2D eigenvalue weighted by atomic mass is 35.5. The summed E-state index contributed by atoms with van der Waals surface area (Å²) in [5, 5.41) is 8.41. The van der Waals surface area contributed by atoms with Crippen molar-refractivity contribution in [3.05, 3.63) is 45.0 Å². The smallest absolute Gasteiger partial charge is 0.285 e. The fourth-order valence-electron chi connectivity index (χ4n) is 2.82. The average molecular weight is 348 g/mol. The second-order valence-corrected chi connectivity index (χ2v) is 7.25. The van der Waals surface area contributed by atoms with Crippen molar-refractivity contribution in [2.24, 2.45) is 0 Å². The van der Waals surface area contributed by atoms with E-state index in [1.165, 1.54) is 14.3 Å². The molecule has 118 valence electrons. The standard InChI is InChI=1S/C15H14ClN5OS/c1-9-5-12-13(23-9)3-4-21(19(12)2)15(22)11-6-14-17-7-10(16)8-20(14)18-11/h5-8H,3-4H2,1-2H3. The lowest BCUT2D eigenvalue weighted by molar-refractivity contribution is 0.0733. The minimum atomic E-state index is -0.136. The van der Waals surface area contributed by atoms with Crippen LogP contribution in [-0.4, -0.2) is 39.1 Å². The van der Waals surface area contributed by atoms with Crippen LogP contribution in [0.4, 0.5) is 5.69 Å². The van der Waals surface area contributed by atoms with Crippen molar-refractivity contribution in [2.45, 2.75) is 13.3 Å². The average Bonchev–Trinajstić information content (AvgIpc) is 3.09. The third kappa shape index (κ3) is 2.36. The number of anilines is 1. The van der Waals surface area contributed by atoms with E-state index in [0.717, 1.165) is 12.1 Å². The van der Waals surface area contributed by atoms with Gasteiger partial charge in [0.15, 0.2) is 11.3 Å². The Bertz CT molecular complexity index is 918. The zero-order valence-electron chi connectivity index (χ0n) is 12.7. The van der Waals surface area contributed by atoms with Crippen LogP contribution in [0.25, 0.3) is 5.65 Å². The first-order chi connectivity index (χ1) is 11.0. The van der Waals surface area contributed by atoms with Crippen molar-refractivity contribution in [3.63, 3.8) is 0 Å². The summed E-state index contributed by atoms with van der Waals surface area (Å²) >= 11 is 7.70. The molecule has 0 saturated carbocycles. The molecule has 0 saturated heterocycles. The molecule has 0 fully saturated rings. The molecule has 0 spiro atoms. The maximum absolute atomic E-state index is 12.8. The number of aromatic nitrogens is 3. The number of carbonyl (C=O) groups excluding carboxylic acids is 1. The Morgan fingerprint density at radius 3 is 3.04 bits per heavy atom.